The van der Waals surface area contributed by atoms with Crippen LogP contribution in [0.2, 0.25) is 0 Å². The Balaban J connectivity index is 1.87. The van der Waals surface area contributed by atoms with Crippen LogP contribution < -0.4 is 10.6 Å². The normalized spacial score (nSPS) is 18.0. The van der Waals surface area contributed by atoms with E-state index in [4.69, 9.17) is 0 Å². The smallest absolute Gasteiger partial charge is 0.254 e. The minimum absolute atomic E-state index is 0.0364. The van der Waals surface area contributed by atoms with E-state index in [0.717, 1.165) is 25.9 Å². The van der Waals surface area contributed by atoms with Crippen LogP contribution in [-0.4, -0.2) is 35.2 Å². The van der Waals surface area contributed by atoms with Crippen molar-refractivity contribution in [2.45, 2.75) is 18.9 Å². The summed E-state index contributed by atoms with van der Waals surface area (Å²) < 4.78 is 0. The molecule has 5 nitrogen and oxygen atoms in total. The Hall–Kier alpha value is -1.36. The predicted molar refractivity (Wildman–Crippen MR) is 51.9 cm³/mol. The zero-order valence-corrected chi connectivity index (χ0v) is 7.92. The number of hydrogen-bond acceptors (Lipinski definition) is 3. The predicted octanol–water partition coefficient (Wildman–Crippen LogP) is -0.108. The highest BCUT2D eigenvalue weighted by Crippen LogP contribution is 2.03. The Bertz CT molecular complexity index is 290. The van der Waals surface area contributed by atoms with Gasteiger partial charge in [-0.05, 0) is 25.9 Å². The van der Waals surface area contributed by atoms with Crippen molar-refractivity contribution in [2.24, 2.45) is 0 Å². The molecule has 1 aliphatic rings. The van der Waals surface area contributed by atoms with E-state index in [1.54, 1.807) is 6.20 Å². The molecule has 0 spiro atoms. The maximum atomic E-state index is 11.6. The number of nitrogens with zero attached hydrogens (tertiary/aromatic N) is 1. The number of piperidine rings is 1. The summed E-state index contributed by atoms with van der Waals surface area (Å²) in [6, 6.07) is 0.304. The first-order valence-electron chi connectivity index (χ1n) is 4.86. The quantitative estimate of drug-likeness (QED) is 0.615. The van der Waals surface area contributed by atoms with Crippen molar-refractivity contribution in [3.8, 4) is 0 Å². The van der Waals surface area contributed by atoms with Gasteiger partial charge in [0.15, 0.2) is 0 Å². The number of carbonyl (C=O) groups excluding carboxylic acids is 1. The van der Waals surface area contributed by atoms with Crippen molar-refractivity contribution in [3.63, 3.8) is 0 Å². The van der Waals surface area contributed by atoms with Crippen molar-refractivity contribution in [2.75, 3.05) is 13.1 Å². The van der Waals surface area contributed by atoms with E-state index in [1.165, 1.54) is 6.20 Å². The third-order valence-corrected chi connectivity index (χ3v) is 2.43. The molecule has 0 bridgehead atoms. The minimum atomic E-state index is -0.0364. The number of aromatic amines is 1. The third kappa shape index (κ3) is 2.11. The summed E-state index contributed by atoms with van der Waals surface area (Å²) >= 11 is 0. The molecule has 2 heterocycles. The molecule has 0 atom stereocenters. The molecule has 0 aliphatic carbocycles. The Kier molecular flexibility index (Phi) is 2.78. The first-order valence-corrected chi connectivity index (χ1v) is 4.86. The van der Waals surface area contributed by atoms with Crippen LogP contribution in [0.25, 0.3) is 0 Å². The summed E-state index contributed by atoms with van der Waals surface area (Å²) in [6.07, 6.45) is 5.15. The number of nitrogens with one attached hydrogen (secondary N) is 3. The number of rotatable bonds is 2. The standard InChI is InChI=1S/C9H14N4O/c14-9(7-5-11-12-6-7)13-8-1-3-10-4-2-8/h5-6,8,10H,1-4H2,(H,11,12)(H,13,14). The average molecular weight is 194 g/mol. The van der Waals surface area contributed by atoms with E-state index in [1.807, 2.05) is 0 Å². The molecule has 0 aromatic carbocycles. The van der Waals surface area contributed by atoms with Crippen LogP contribution in [0.3, 0.4) is 0 Å². The summed E-state index contributed by atoms with van der Waals surface area (Å²) in [5.74, 6) is -0.0364. The molecule has 0 radical (unpaired) electrons. The molecule has 1 amide bonds. The molecular weight excluding hydrogens is 180 g/mol. The summed E-state index contributed by atoms with van der Waals surface area (Å²) in [4.78, 5) is 11.6. The molecule has 1 saturated heterocycles. The van der Waals surface area contributed by atoms with E-state index in [0.29, 0.717) is 11.6 Å². The summed E-state index contributed by atoms with van der Waals surface area (Å²) in [6.45, 7) is 1.96. The van der Waals surface area contributed by atoms with Crippen molar-refractivity contribution in [1.82, 2.24) is 20.8 Å². The highest BCUT2D eigenvalue weighted by Gasteiger charge is 2.16. The minimum Gasteiger partial charge on any atom is -0.349 e. The zero-order chi connectivity index (χ0) is 9.80. The lowest BCUT2D eigenvalue weighted by molar-refractivity contribution is 0.0929. The number of carbonyl (C=O) groups is 1. The van der Waals surface area contributed by atoms with Gasteiger partial charge in [0.05, 0.1) is 11.8 Å². The molecule has 5 heteroatoms. The monoisotopic (exact) mass is 194 g/mol. The van der Waals surface area contributed by atoms with Crippen molar-refractivity contribution < 1.29 is 4.79 Å². The SMILES string of the molecule is O=C(NC1CCNCC1)c1cn[nH]c1. The number of amides is 1. The van der Waals surface area contributed by atoms with Gasteiger partial charge in [0, 0.05) is 12.2 Å². The molecule has 3 N–H and O–H groups in total. The van der Waals surface area contributed by atoms with E-state index in [-0.39, 0.29) is 5.91 Å². The molecule has 1 aliphatic heterocycles. The second kappa shape index (κ2) is 4.23. The van der Waals surface area contributed by atoms with Crippen molar-refractivity contribution >= 4 is 5.91 Å². The maximum absolute atomic E-state index is 11.6. The van der Waals surface area contributed by atoms with E-state index in [9.17, 15) is 4.79 Å². The van der Waals surface area contributed by atoms with Gasteiger partial charge >= 0.3 is 0 Å². The summed E-state index contributed by atoms with van der Waals surface area (Å²) in [5, 5.41) is 12.6. The van der Waals surface area contributed by atoms with Gasteiger partial charge in [0.2, 0.25) is 0 Å². The summed E-state index contributed by atoms with van der Waals surface area (Å²) in [7, 11) is 0. The molecule has 1 aromatic heterocycles. The molecular formula is C9H14N4O. The van der Waals surface area contributed by atoms with Crippen LogP contribution in [0.4, 0.5) is 0 Å². The Morgan fingerprint density at radius 3 is 2.93 bits per heavy atom. The molecule has 14 heavy (non-hydrogen) atoms. The molecule has 0 unspecified atom stereocenters. The Morgan fingerprint density at radius 1 is 1.50 bits per heavy atom. The van der Waals surface area contributed by atoms with Crippen LogP contribution in [0, 0.1) is 0 Å². The first kappa shape index (κ1) is 9.21. The molecule has 2 rings (SSSR count). The summed E-state index contributed by atoms with van der Waals surface area (Å²) in [5.41, 5.74) is 0.600. The Labute approximate surface area is 82.3 Å². The topological polar surface area (TPSA) is 69.8 Å². The lowest BCUT2D eigenvalue weighted by Gasteiger charge is -2.23. The fourth-order valence-corrected chi connectivity index (χ4v) is 1.61. The second-order valence-corrected chi connectivity index (χ2v) is 3.48. The highest BCUT2D eigenvalue weighted by molar-refractivity contribution is 5.93. The Morgan fingerprint density at radius 2 is 2.29 bits per heavy atom. The van der Waals surface area contributed by atoms with Crippen LogP contribution in [0.15, 0.2) is 12.4 Å². The second-order valence-electron chi connectivity index (χ2n) is 3.48. The van der Waals surface area contributed by atoms with Gasteiger partial charge in [0.25, 0.3) is 5.91 Å². The van der Waals surface area contributed by atoms with Gasteiger partial charge in [-0.1, -0.05) is 0 Å². The lowest BCUT2D eigenvalue weighted by atomic mass is 10.1. The third-order valence-electron chi connectivity index (χ3n) is 2.43. The van der Waals surface area contributed by atoms with Gasteiger partial charge in [-0.25, -0.2) is 0 Å². The van der Waals surface area contributed by atoms with Crippen LogP contribution >= 0.6 is 0 Å². The maximum Gasteiger partial charge on any atom is 0.254 e. The van der Waals surface area contributed by atoms with Crippen LogP contribution in [0.1, 0.15) is 23.2 Å². The van der Waals surface area contributed by atoms with E-state index >= 15 is 0 Å². The number of H-pyrrole nitrogens is 1. The van der Waals surface area contributed by atoms with Gasteiger partial charge < -0.3 is 10.6 Å². The van der Waals surface area contributed by atoms with E-state index < -0.39 is 0 Å². The zero-order valence-electron chi connectivity index (χ0n) is 7.92. The lowest BCUT2D eigenvalue weighted by Crippen LogP contribution is -2.42. The van der Waals surface area contributed by atoms with Gasteiger partial charge in [0.1, 0.15) is 0 Å². The molecule has 1 aromatic rings. The highest BCUT2D eigenvalue weighted by atomic mass is 16.1. The number of hydrogen-bond donors (Lipinski definition) is 3. The number of aromatic nitrogens is 2. The van der Waals surface area contributed by atoms with Gasteiger partial charge in [-0.3, -0.25) is 9.89 Å². The molecule has 0 saturated carbocycles. The van der Waals surface area contributed by atoms with E-state index in [2.05, 4.69) is 20.8 Å². The van der Waals surface area contributed by atoms with Crippen molar-refractivity contribution in [3.05, 3.63) is 18.0 Å². The van der Waals surface area contributed by atoms with Crippen molar-refractivity contribution in [1.29, 1.82) is 0 Å². The van der Waals surface area contributed by atoms with Gasteiger partial charge in [-0.15, -0.1) is 0 Å². The average Bonchev–Trinajstić information content (AvgIpc) is 2.72. The fraction of sp³-hybridized carbons (Fsp3) is 0.556. The fourth-order valence-electron chi connectivity index (χ4n) is 1.61. The largest absolute Gasteiger partial charge is 0.349 e. The first-order chi connectivity index (χ1) is 6.86. The van der Waals surface area contributed by atoms with Gasteiger partial charge in [-0.2, -0.15) is 5.10 Å². The van der Waals surface area contributed by atoms with Crippen LogP contribution in [-0.2, 0) is 0 Å². The van der Waals surface area contributed by atoms with Crippen LogP contribution in [0.5, 0.6) is 0 Å². The molecule has 1 fully saturated rings. The molecule has 76 valence electrons.